The summed E-state index contributed by atoms with van der Waals surface area (Å²) in [7, 11) is 0. The third-order valence-corrected chi connectivity index (χ3v) is 5.92. The number of H-pyrrole nitrogens is 1. The Hall–Kier alpha value is -2.64. The number of hydrogen-bond donors (Lipinski definition) is 1. The molecule has 0 atom stereocenters. The number of carbonyl (C=O) groups is 2. The van der Waals surface area contributed by atoms with Gasteiger partial charge in [0, 0.05) is 50.5 Å². The van der Waals surface area contributed by atoms with E-state index in [1.165, 1.54) is 0 Å². The summed E-state index contributed by atoms with van der Waals surface area (Å²) in [5.74, 6) is 0.128. The van der Waals surface area contributed by atoms with Gasteiger partial charge in [0.05, 0.1) is 5.69 Å². The summed E-state index contributed by atoms with van der Waals surface area (Å²) in [6.07, 6.45) is 4.46. The van der Waals surface area contributed by atoms with Gasteiger partial charge < -0.3 is 9.80 Å². The average Bonchev–Trinajstić information content (AvgIpc) is 3.29. The van der Waals surface area contributed by atoms with Crippen LogP contribution in [0, 0.1) is 13.8 Å². The van der Waals surface area contributed by atoms with Gasteiger partial charge in [-0.25, -0.2) is 0 Å². The lowest BCUT2D eigenvalue weighted by molar-refractivity contribution is -0.132. The highest BCUT2D eigenvalue weighted by atomic mass is 16.2. The molecule has 0 radical (unpaired) electrons. The maximum Gasteiger partial charge on any atom is 0.274 e. The van der Waals surface area contributed by atoms with Gasteiger partial charge in [0.1, 0.15) is 0 Å². The second-order valence-corrected chi connectivity index (χ2v) is 7.79. The molecule has 150 valence electrons. The predicted molar refractivity (Wildman–Crippen MR) is 104 cm³/mol. The van der Waals surface area contributed by atoms with Crippen LogP contribution in [0.3, 0.4) is 0 Å². The molecule has 2 aromatic heterocycles. The van der Waals surface area contributed by atoms with E-state index < -0.39 is 0 Å². The fourth-order valence-corrected chi connectivity index (χ4v) is 4.18. The Labute approximate surface area is 164 Å². The van der Waals surface area contributed by atoms with Crippen molar-refractivity contribution < 1.29 is 9.59 Å². The van der Waals surface area contributed by atoms with Gasteiger partial charge in [-0.2, -0.15) is 10.2 Å². The summed E-state index contributed by atoms with van der Waals surface area (Å²) in [4.78, 5) is 29.0. The van der Waals surface area contributed by atoms with Crippen LogP contribution in [0.15, 0.2) is 6.07 Å². The highest BCUT2D eigenvalue weighted by molar-refractivity contribution is 5.92. The predicted octanol–water partition coefficient (Wildman–Crippen LogP) is 1.48. The second kappa shape index (κ2) is 7.77. The number of fused-ring (bicyclic) bond motifs is 1. The largest absolute Gasteiger partial charge is 0.339 e. The van der Waals surface area contributed by atoms with Gasteiger partial charge in [0.15, 0.2) is 5.69 Å². The summed E-state index contributed by atoms with van der Waals surface area (Å²) in [6, 6.07) is 1.94. The van der Waals surface area contributed by atoms with Crippen LogP contribution in [-0.2, 0) is 24.2 Å². The van der Waals surface area contributed by atoms with Crippen molar-refractivity contribution in [1.29, 1.82) is 0 Å². The lowest BCUT2D eigenvalue weighted by atomic mass is 10.1. The van der Waals surface area contributed by atoms with Gasteiger partial charge in [0.2, 0.25) is 5.91 Å². The lowest BCUT2D eigenvalue weighted by Gasteiger charge is -2.34. The van der Waals surface area contributed by atoms with Gasteiger partial charge in [-0.05, 0) is 51.2 Å². The summed E-state index contributed by atoms with van der Waals surface area (Å²) in [5, 5.41) is 11.6. The van der Waals surface area contributed by atoms with Crippen LogP contribution >= 0.6 is 0 Å². The van der Waals surface area contributed by atoms with E-state index in [2.05, 4.69) is 15.3 Å². The first-order valence-corrected chi connectivity index (χ1v) is 10.2. The number of nitrogens with one attached hydrogen (secondary N) is 1. The number of nitrogens with zero attached hydrogens (tertiary/aromatic N) is 5. The van der Waals surface area contributed by atoms with E-state index in [0.717, 1.165) is 48.5 Å². The molecule has 8 heteroatoms. The zero-order valence-corrected chi connectivity index (χ0v) is 16.7. The Morgan fingerprint density at radius 2 is 1.82 bits per heavy atom. The van der Waals surface area contributed by atoms with Crippen molar-refractivity contribution in [3.63, 3.8) is 0 Å². The molecule has 2 aliphatic rings. The fourth-order valence-electron chi connectivity index (χ4n) is 4.18. The molecule has 4 heterocycles. The van der Waals surface area contributed by atoms with E-state index in [0.29, 0.717) is 44.7 Å². The molecule has 1 N–H and O–H groups in total. The number of amides is 2. The first-order chi connectivity index (χ1) is 13.5. The molecule has 0 saturated carbocycles. The Bertz CT molecular complexity index is 832. The third-order valence-electron chi connectivity index (χ3n) is 5.92. The number of aromatic amines is 1. The van der Waals surface area contributed by atoms with E-state index in [1.807, 2.05) is 34.4 Å². The Kier molecular flexibility index (Phi) is 5.19. The normalized spacial score (nSPS) is 16.9. The number of hydrogen-bond acceptors (Lipinski definition) is 4. The molecular weight excluding hydrogens is 356 g/mol. The van der Waals surface area contributed by atoms with Gasteiger partial charge in [-0.15, -0.1) is 0 Å². The zero-order valence-electron chi connectivity index (χ0n) is 16.7. The molecule has 1 fully saturated rings. The summed E-state index contributed by atoms with van der Waals surface area (Å²) in [5.41, 5.74) is 4.83. The van der Waals surface area contributed by atoms with Crippen LogP contribution in [-0.4, -0.2) is 67.8 Å². The molecule has 0 unspecified atom stereocenters. The molecule has 0 bridgehead atoms. The monoisotopic (exact) mass is 384 g/mol. The van der Waals surface area contributed by atoms with Gasteiger partial charge in [0.25, 0.3) is 5.91 Å². The average molecular weight is 384 g/mol. The van der Waals surface area contributed by atoms with Gasteiger partial charge >= 0.3 is 0 Å². The van der Waals surface area contributed by atoms with E-state index in [4.69, 9.17) is 0 Å². The molecule has 2 aliphatic heterocycles. The first-order valence-electron chi connectivity index (χ1n) is 10.2. The second-order valence-electron chi connectivity index (χ2n) is 7.79. The Balaban J connectivity index is 1.29. The quantitative estimate of drug-likeness (QED) is 0.865. The van der Waals surface area contributed by atoms with E-state index in [9.17, 15) is 9.59 Å². The zero-order chi connectivity index (χ0) is 19.7. The van der Waals surface area contributed by atoms with Crippen LogP contribution in [0.5, 0.6) is 0 Å². The van der Waals surface area contributed by atoms with Crippen molar-refractivity contribution in [2.45, 2.75) is 52.5 Å². The van der Waals surface area contributed by atoms with Crippen molar-refractivity contribution in [3.05, 3.63) is 34.4 Å². The molecule has 2 aromatic rings. The third kappa shape index (κ3) is 3.68. The van der Waals surface area contributed by atoms with E-state index >= 15 is 0 Å². The van der Waals surface area contributed by atoms with Crippen molar-refractivity contribution in [1.82, 2.24) is 29.8 Å². The SMILES string of the molecule is Cc1n[nH]c(C)c1CCC(=O)N1CCN(C(=O)c2cc3n(n2)CCCC3)CC1. The summed E-state index contributed by atoms with van der Waals surface area (Å²) >= 11 is 0. The first kappa shape index (κ1) is 18.7. The summed E-state index contributed by atoms with van der Waals surface area (Å²) in [6.45, 7) is 7.15. The Morgan fingerprint density at radius 3 is 2.50 bits per heavy atom. The van der Waals surface area contributed by atoms with E-state index in [-0.39, 0.29) is 11.8 Å². The number of piperazine rings is 1. The van der Waals surface area contributed by atoms with Gasteiger partial charge in [-0.3, -0.25) is 19.4 Å². The van der Waals surface area contributed by atoms with Crippen molar-refractivity contribution >= 4 is 11.8 Å². The van der Waals surface area contributed by atoms with E-state index in [1.54, 1.807) is 0 Å². The minimum absolute atomic E-state index is 0.0151. The topological polar surface area (TPSA) is 87.1 Å². The minimum atomic E-state index is -0.0151. The van der Waals surface area contributed by atoms with Crippen LogP contribution in [0.4, 0.5) is 0 Å². The molecule has 0 aromatic carbocycles. The smallest absolute Gasteiger partial charge is 0.274 e. The highest BCUT2D eigenvalue weighted by Gasteiger charge is 2.27. The molecular formula is C20H28N6O2. The van der Waals surface area contributed by atoms with Crippen molar-refractivity contribution in [3.8, 4) is 0 Å². The number of carbonyl (C=O) groups excluding carboxylic acids is 2. The minimum Gasteiger partial charge on any atom is -0.339 e. The molecule has 8 nitrogen and oxygen atoms in total. The molecule has 0 aliphatic carbocycles. The van der Waals surface area contributed by atoms with Crippen LogP contribution in [0.1, 0.15) is 52.4 Å². The Morgan fingerprint density at radius 1 is 1.07 bits per heavy atom. The molecule has 0 spiro atoms. The van der Waals surface area contributed by atoms with Crippen LogP contribution in [0.25, 0.3) is 0 Å². The summed E-state index contributed by atoms with van der Waals surface area (Å²) < 4.78 is 1.97. The lowest BCUT2D eigenvalue weighted by Crippen LogP contribution is -2.50. The molecule has 28 heavy (non-hydrogen) atoms. The number of aryl methyl sites for hydroxylation is 4. The molecule has 1 saturated heterocycles. The maximum absolute atomic E-state index is 12.8. The fraction of sp³-hybridized carbons (Fsp3) is 0.600. The number of rotatable bonds is 4. The van der Waals surface area contributed by atoms with Crippen molar-refractivity contribution in [2.75, 3.05) is 26.2 Å². The van der Waals surface area contributed by atoms with Crippen LogP contribution < -0.4 is 0 Å². The highest BCUT2D eigenvalue weighted by Crippen LogP contribution is 2.18. The van der Waals surface area contributed by atoms with Crippen molar-refractivity contribution in [2.24, 2.45) is 0 Å². The number of aromatic nitrogens is 4. The standard InChI is InChI=1S/C20H28N6O2/c1-14-17(15(2)22-21-14)6-7-19(27)24-9-11-25(12-10-24)20(28)18-13-16-5-3-4-8-26(16)23-18/h13H,3-12H2,1-2H3,(H,21,22). The van der Waals surface area contributed by atoms with Gasteiger partial charge in [-0.1, -0.05) is 0 Å². The molecule has 4 rings (SSSR count). The molecule has 2 amide bonds. The van der Waals surface area contributed by atoms with Crippen LogP contribution in [0.2, 0.25) is 0 Å². The maximum atomic E-state index is 12.8.